The van der Waals surface area contributed by atoms with Crippen molar-refractivity contribution in [2.45, 2.75) is 90.0 Å². The number of hydrogen-bond donors (Lipinski definition) is 8. The number of rotatable bonds is 20. The van der Waals surface area contributed by atoms with Crippen LogP contribution in [0.15, 0.2) is 42.9 Å². The van der Waals surface area contributed by atoms with E-state index in [-0.39, 0.29) is 18.7 Å². The first-order chi connectivity index (χ1) is 23.1. The van der Waals surface area contributed by atoms with Crippen molar-refractivity contribution in [2.24, 2.45) is 29.0 Å². The third-order valence-electron chi connectivity index (χ3n) is 7.78. The SMILES string of the molecule is CC(C)[C@H](NC(=O)[C@H](Cc1ccccc1)NC(=O)[C@@H](NC(=O)CNC(=O)[C@@H](N)Cc1cn(C(=O)[C@@H](N)CCCCN)cn1)C(C)C)C(=O)O. The van der Waals surface area contributed by atoms with Crippen LogP contribution >= 0.6 is 0 Å². The summed E-state index contributed by atoms with van der Waals surface area (Å²) in [6.07, 6.45) is 4.76. The minimum Gasteiger partial charge on any atom is -0.480 e. The lowest BCUT2D eigenvalue weighted by Crippen LogP contribution is -2.58. The Bertz CT molecular complexity index is 1410. The number of amides is 4. The molecule has 0 aliphatic rings. The molecule has 0 radical (unpaired) electrons. The number of hydrogen-bond acceptors (Lipinski definition) is 10. The molecule has 0 aliphatic heterocycles. The van der Waals surface area contributed by atoms with Crippen LogP contribution in [0.4, 0.5) is 0 Å². The Balaban J connectivity index is 1.99. The predicted molar refractivity (Wildman–Crippen MR) is 182 cm³/mol. The Hall–Kier alpha value is -4.67. The molecule has 1 heterocycles. The molecule has 16 heteroatoms. The first kappa shape index (κ1) is 40.5. The van der Waals surface area contributed by atoms with E-state index in [0.29, 0.717) is 25.1 Å². The summed E-state index contributed by atoms with van der Waals surface area (Å²) in [4.78, 5) is 80.5. The topological polar surface area (TPSA) is 267 Å². The summed E-state index contributed by atoms with van der Waals surface area (Å²) in [5, 5.41) is 19.7. The van der Waals surface area contributed by atoms with Gasteiger partial charge in [0.05, 0.1) is 24.3 Å². The maximum atomic E-state index is 13.4. The highest BCUT2D eigenvalue weighted by atomic mass is 16.4. The second-order valence-corrected chi connectivity index (χ2v) is 12.6. The van der Waals surface area contributed by atoms with Crippen LogP contribution in [0.1, 0.15) is 63.0 Å². The summed E-state index contributed by atoms with van der Waals surface area (Å²) in [7, 11) is 0. The molecular formula is C33H51N9O7. The van der Waals surface area contributed by atoms with E-state index in [9.17, 15) is 33.9 Å². The third kappa shape index (κ3) is 13.4. The van der Waals surface area contributed by atoms with Crippen molar-refractivity contribution < 1.29 is 33.9 Å². The van der Waals surface area contributed by atoms with E-state index in [4.69, 9.17) is 17.2 Å². The molecule has 0 unspecified atom stereocenters. The molecule has 1 aromatic heterocycles. The van der Waals surface area contributed by atoms with Gasteiger partial charge in [-0.25, -0.2) is 9.78 Å². The number of imidazole rings is 1. The molecule has 0 fully saturated rings. The largest absolute Gasteiger partial charge is 0.480 e. The summed E-state index contributed by atoms with van der Waals surface area (Å²) in [5.41, 5.74) is 18.6. The Morgan fingerprint density at radius 1 is 0.816 bits per heavy atom. The Morgan fingerprint density at radius 2 is 1.47 bits per heavy atom. The van der Waals surface area contributed by atoms with Gasteiger partial charge in [-0.1, -0.05) is 64.4 Å². The number of nitrogens with one attached hydrogen (secondary N) is 4. The van der Waals surface area contributed by atoms with E-state index in [1.165, 1.54) is 17.1 Å². The fraction of sp³-hybridized carbons (Fsp3) is 0.545. The van der Waals surface area contributed by atoms with Crippen molar-refractivity contribution in [3.05, 3.63) is 54.1 Å². The van der Waals surface area contributed by atoms with Gasteiger partial charge in [0.25, 0.3) is 0 Å². The van der Waals surface area contributed by atoms with Gasteiger partial charge in [0, 0.05) is 19.0 Å². The van der Waals surface area contributed by atoms with Gasteiger partial charge < -0.3 is 43.6 Å². The molecule has 16 nitrogen and oxygen atoms in total. The lowest BCUT2D eigenvalue weighted by molar-refractivity contribution is -0.143. The number of benzene rings is 1. The monoisotopic (exact) mass is 685 g/mol. The van der Waals surface area contributed by atoms with Crippen molar-refractivity contribution in [3.8, 4) is 0 Å². The zero-order chi connectivity index (χ0) is 36.7. The summed E-state index contributed by atoms with van der Waals surface area (Å²) < 4.78 is 1.25. The minimum absolute atomic E-state index is 0.0163. The fourth-order valence-electron chi connectivity index (χ4n) is 4.88. The average molecular weight is 686 g/mol. The Kier molecular flexibility index (Phi) is 16.5. The van der Waals surface area contributed by atoms with Crippen molar-refractivity contribution in [1.29, 1.82) is 0 Å². The highest BCUT2D eigenvalue weighted by molar-refractivity contribution is 5.94. The van der Waals surface area contributed by atoms with Crippen LogP contribution in [0, 0.1) is 11.8 Å². The molecule has 1 aromatic carbocycles. The van der Waals surface area contributed by atoms with Gasteiger partial charge in [-0.15, -0.1) is 0 Å². The number of carbonyl (C=O) groups is 6. The van der Waals surface area contributed by atoms with E-state index in [1.807, 2.05) is 0 Å². The van der Waals surface area contributed by atoms with E-state index in [1.54, 1.807) is 58.0 Å². The van der Waals surface area contributed by atoms with Crippen molar-refractivity contribution >= 4 is 35.5 Å². The normalized spacial score (nSPS) is 14.3. The number of carboxylic acids is 1. The van der Waals surface area contributed by atoms with Gasteiger partial charge in [-0.2, -0.15) is 0 Å². The first-order valence-corrected chi connectivity index (χ1v) is 16.4. The van der Waals surface area contributed by atoms with Crippen LogP contribution in [0.2, 0.25) is 0 Å². The van der Waals surface area contributed by atoms with Gasteiger partial charge in [0.2, 0.25) is 29.5 Å². The first-order valence-electron chi connectivity index (χ1n) is 16.4. The molecule has 0 saturated heterocycles. The Morgan fingerprint density at radius 3 is 2.06 bits per heavy atom. The third-order valence-corrected chi connectivity index (χ3v) is 7.78. The fourth-order valence-corrected chi connectivity index (χ4v) is 4.88. The van der Waals surface area contributed by atoms with E-state index < -0.39 is 78.2 Å². The molecule has 0 aliphatic carbocycles. The quantitative estimate of drug-likeness (QED) is 0.0788. The van der Waals surface area contributed by atoms with Crippen molar-refractivity contribution in [3.63, 3.8) is 0 Å². The maximum absolute atomic E-state index is 13.4. The summed E-state index contributed by atoms with van der Waals surface area (Å²) >= 11 is 0. The highest BCUT2D eigenvalue weighted by Gasteiger charge is 2.32. The van der Waals surface area contributed by atoms with Crippen LogP contribution in [-0.2, 0) is 36.8 Å². The van der Waals surface area contributed by atoms with Gasteiger partial charge in [-0.3, -0.25) is 28.5 Å². The van der Waals surface area contributed by atoms with Gasteiger partial charge in [0.1, 0.15) is 24.5 Å². The van der Waals surface area contributed by atoms with E-state index in [2.05, 4.69) is 26.3 Å². The van der Waals surface area contributed by atoms with Crippen LogP contribution < -0.4 is 38.5 Å². The molecule has 0 spiro atoms. The van der Waals surface area contributed by atoms with Crippen molar-refractivity contribution in [1.82, 2.24) is 30.8 Å². The van der Waals surface area contributed by atoms with Crippen LogP contribution in [0.5, 0.6) is 0 Å². The summed E-state index contributed by atoms with van der Waals surface area (Å²) in [6, 6.07) is 3.66. The van der Waals surface area contributed by atoms with Crippen LogP contribution in [-0.4, -0.2) is 93.5 Å². The van der Waals surface area contributed by atoms with E-state index in [0.717, 1.165) is 12.0 Å². The second-order valence-electron chi connectivity index (χ2n) is 12.6. The number of aromatic nitrogens is 2. The van der Waals surface area contributed by atoms with Gasteiger partial charge in [0.15, 0.2) is 0 Å². The zero-order valence-electron chi connectivity index (χ0n) is 28.6. The molecule has 0 bridgehead atoms. The maximum Gasteiger partial charge on any atom is 0.326 e. The molecule has 2 rings (SSSR count). The van der Waals surface area contributed by atoms with Gasteiger partial charge >= 0.3 is 5.97 Å². The van der Waals surface area contributed by atoms with Crippen LogP contribution in [0.25, 0.3) is 0 Å². The molecule has 2 aromatic rings. The lowest BCUT2D eigenvalue weighted by Gasteiger charge is -2.27. The van der Waals surface area contributed by atoms with Crippen LogP contribution in [0.3, 0.4) is 0 Å². The molecule has 4 amide bonds. The second kappa shape index (κ2) is 20.0. The van der Waals surface area contributed by atoms with Gasteiger partial charge in [-0.05, 0) is 36.8 Å². The molecule has 49 heavy (non-hydrogen) atoms. The number of nitrogens with zero attached hydrogens (tertiary/aromatic N) is 2. The molecule has 5 atom stereocenters. The smallest absolute Gasteiger partial charge is 0.326 e. The zero-order valence-corrected chi connectivity index (χ0v) is 28.6. The molecule has 11 N–H and O–H groups in total. The van der Waals surface area contributed by atoms with Crippen molar-refractivity contribution in [2.75, 3.05) is 13.1 Å². The Labute approximate surface area is 286 Å². The predicted octanol–water partition coefficient (Wildman–Crippen LogP) is -0.941. The number of aliphatic carboxylic acids is 1. The number of unbranched alkanes of at least 4 members (excludes halogenated alkanes) is 1. The number of nitrogens with two attached hydrogens (primary N) is 3. The highest BCUT2D eigenvalue weighted by Crippen LogP contribution is 2.09. The number of carboxylic acid groups (broad SMARTS) is 1. The standard InChI is InChI=1S/C33H51N9O7/c1-19(2)27(31(46)39-25(14-21-10-6-5-7-11-21)30(45)41-28(20(3)4)33(48)49)40-26(43)16-37-29(44)24(36)15-22-17-42(18-38-22)32(47)23(35)12-8-9-13-34/h5-7,10-11,17-20,23-25,27-28H,8-9,12-16,34-36H2,1-4H3,(H,37,44)(H,39,46)(H,40,43)(H,41,45)(H,48,49)/t23-,24-,25-,27-,28-/m0/s1. The molecule has 270 valence electrons. The lowest BCUT2D eigenvalue weighted by atomic mass is 9.99. The number of carbonyl (C=O) groups excluding carboxylic acids is 5. The molecule has 0 saturated carbocycles. The average Bonchev–Trinajstić information content (AvgIpc) is 3.52. The van der Waals surface area contributed by atoms with E-state index >= 15 is 0 Å². The summed E-state index contributed by atoms with van der Waals surface area (Å²) in [6.45, 7) is 6.72. The summed E-state index contributed by atoms with van der Waals surface area (Å²) in [5.74, 6) is -5.07. The minimum atomic E-state index is -1.21. The molecular weight excluding hydrogens is 634 g/mol.